The number of carbonyl (C=O) groups is 1. The number of fused-ring (bicyclic) bond motifs is 1. The molecular weight excluding hydrogens is 556 g/mol. The van der Waals surface area contributed by atoms with Crippen LogP contribution in [0.3, 0.4) is 0 Å². The number of aromatic nitrogens is 1. The highest BCUT2D eigenvalue weighted by Gasteiger charge is 2.23. The lowest BCUT2D eigenvalue weighted by molar-refractivity contribution is 0.0376. The summed E-state index contributed by atoms with van der Waals surface area (Å²) < 4.78 is 7.35. The average molecular weight is 578 g/mol. The van der Waals surface area contributed by atoms with Crippen LogP contribution in [0.25, 0.3) is 10.2 Å². The van der Waals surface area contributed by atoms with E-state index in [-0.39, 0.29) is 18.3 Å². The Bertz CT molecular complexity index is 1010. The van der Waals surface area contributed by atoms with Crippen molar-refractivity contribution in [3.63, 3.8) is 0 Å². The quantitative estimate of drug-likeness (QED) is 0.371. The van der Waals surface area contributed by atoms with Crippen molar-refractivity contribution in [3.8, 4) is 0 Å². The number of morpholine rings is 1. The van der Waals surface area contributed by atoms with Gasteiger partial charge in [-0.15, -0.1) is 12.4 Å². The fourth-order valence-electron chi connectivity index (χ4n) is 3.36. The molecule has 0 aliphatic carbocycles. The molecule has 3 aromatic rings. The van der Waals surface area contributed by atoms with Crippen molar-refractivity contribution >= 4 is 79.2 Å². The molecule has 2 heterocycles. The van der Waals surface area contributed by atoms with Crippen molar-refractivity contribution in [2.24, 2.45) is 0 Å². The molecular formula is C21H22Cl2IN3O2S. The first-order chi connectivity index (χ1) is 14.1. The van der Waals surface area contributed by atoms with Gasteiger partial charge in [0, 0.05) is 29.7 Å². The second-order valence-electron chi connectivity index (χ2n) is 6.83. The van der Waals surface area contributed by atoms with Gasteiger partial charge in [-0.2, -0.15) is 0 Å². The van der Waals surface area contributed by atoms with Gasteiger partial charge in [-0.3, -0.25) is 14.6 Å². The van der Waals surface area contributed by atoms with Crippen molar-refractivity contribution in [1.82, 2.24) is 9.88 Å². The van der Waals surface area contributed by atoms with E-state index in [9.17, 15) is 4.79 Å². The summed E-state index contributed by atoms with van der Waals surface area (Å²) in [5.41, 5.74) is 1.45. The topological polar surface area (TPSA) is 45.7 Å². The summed E-state index contributed by atoms with van der Waals surface area (Å²) in [6, 6.07) is 13.4. The van der Waals surface area contributed by atoms with Crippen molar-refractivity contribution in [2.45, 2.75) is 6.42 Å². The fourth-order valence-corrected chi connectivity index (χ4v) is 5.27. The first-order valence-electron chi connectivity index (χ1n) is 9.55. The Hall–Kier alpha value is -0.970. The molecule has 160 valence electrons. The largest absolute Gasteiger partial charge is 0.379 e. The van der Waals surface area contributed by atoms with Crippen LogP contribution >= 0.6 is 57.9 Å². The van der Waals surface area contributed by atoms with Gasteiger partial charge in [0.1, 0.15) is 5.52 Å². The second-order valence-corrected chi connectivity index (χ2v) is 9.41. The van der Waals surface area contributed by atoms with E-state index >= 15 is 0 Å². The minimum absolute atomic E-state index is 0. The van der Waals surface area contributed by atoms with E-state index in [1.807, 2.05) is 42.5 Å². The van der Waals surface area contributed by atoms with Gasteiger partial charge in [0.25, 0.3) is 5.91 Å². The Morgan fingerprint density at radius 1 is 1.20 bits per heavy atom. The standard InChI is InChI=1S/C21H21ClIN3O2S.ClH/c22-16-6-3-8-18-19(16)24-21(29-18)26(10-4-9-25-11-13-28-14-12-25)20(27)15-5-1-2-7-17(15)23;/h1-3,5-8H,4,9-14H2;1H. The number of rotatable bonds is 6. The van der Waals surface area contributed by atoms with Crippen molar-refractivity contribution < 1.29 is 9.53 Å². The average Bonchev–Trinajstić information content (AvgIpc) is 3.17. The normalized spacial score (nSPS) is 14.5. The zero-order valence-electron chi connectivity index (χ0n) is 16.2. The van der Waals surface area contributed by atoms with Gasteiger partial charge < -0.3 is 4.74 Å². The maximum Gasteiger partial charge on any atom is 0.261 e. The number of thiazole rings is 1. The highest BCUT2D eigenvalue weighted by molar-refractivity contribution is 14.1. The van der Waals surface area contributed by atoms with E-state index in [1.165, 1.54) is 11.3 Å². The molecule has 9 heteroatoms. The molecule has 1 aliphatic heterocycles. The molecule has 4 rings (SSSR count). The number of nitrogens with zero attached hydrogens (tertiary/aromatic N) is 3. The number of hydrogen-bond donors (Lipinski definition) is 0. The van der Waals surface area contributed by atoms with Gasteiger partial charge >= 0.3 is 0 Å². The van der Waals surface area contributed by atoms with E-state index < -0.39 is 0 Å². The van der Waals surface area contributed by atoms with Crippen LogP contribution in [0.4, 0.5) is 5.13 Å². The highest BCUT2D eigenvalue weighted by Crippen LogP contribution is 2.33. The Balaban J connectivity index is 0.00000256. The third-order valence-electron chi connectivity index (χ3n) is 4.90. The van der Waals surface area contributed by atoms with Crippen molar-refractivity contribution in [3.05, 3.63) is 56.6 Å². The zero-order chi connectivity index (χ0) is 20.2. The maximum atomic E-state index is 13.4. The Morgan fingerprint density at radius 3 is 2.70 bits per heavy atom. The first-order valence-corrected chi connectivity index (χ1v) is 11.8. The van der Waals surface area contributed by atoms with Crippen LogP contribution in [-0.4, -0.2) is 55.2 Å². The molecule has 1 aromatic heterocycles. The minimum atomic E-state index is -0.0212. The highest BCUT2D eigenvalue weighted by atomic mass is 127. The van der Waals surface area contributed by atoms with Gasteiger partial charge in [0.05, 0.1) is 28.5 Å². The van der Waals surface area contributed by atoms with E-state index in [2.05, 4.69) is 27.5 Å². The number of anilines is 1. The number of benzene rings is 2. The zero-order valence-corrected chi connectivity index (χ0v) is 20.8. The molecule has 1 aliphatic rings. The maximum absolute atomic E-state index is 13.4. The van der Waals surface area contributed by atoms with Crippen molar-refractivity contribution in [1.29, 1.82) is 0 Å². The van der Waals surface area contributed by atoms with Gasteiger partial charge in [0.15, 0.2) is 5.13 Å². The number of hydrogen-bond acceptors (Lipinski definition) is 5. The summed E-state index contributed by atoms with van der Waals surface area (Å²) >= 11 is 10.0. The Morgan fingerprint density at radius 2 is 1.97 bits per heavy atom. The van der Waals surface area contributed by atoms with Crippen LogP contribution in [-0.2, 0) is 4.74 Å². The number of carbonyl (C=O) groups excluding carboxylic acids is 1. The van der Waals surface area contributed by atoms with E-state index in [1.54, 1.807) is 4.90 Å². The predicted molar refractivity (Wildman–Crippen MR) is 135 cm³/mol. The number of ether oxygens (including phenoxy) is 1. The predicted octanol–water partition coefficient (Wildman–Crippen LogP) is 5.35. The van der Waals surface area contributed by atoms with E-state index in [0.717, 1.165) is 53.1 Å². The summed E-state index contributed by atoms with van der Waals surface area (Å²) in [5.74, 6) is -0.0212. The number of para-hydroxylation sites is 1. The van der Waals surface area contributed by atoms with Crippen LogP contribution in [0.1, 0.15) is 16.8 Å². The number of halogens is 3. The number of amides is 1. The third-order valence-corrected chi connectivity index (χ3v) is 7.19. The fraction of sp³-hybridized carbons (Fsp3) is 0.333. The molecule has 5 nitrogen and oxygen atoms in total. The second kappa shape index (κ2) is 11.1. The molecule has 0 unspecified atom stereocenters. The summed E-state index contributed by atoms with van der Waals surface area (Å²) in [6.45, 7) is 4.99. The SMILES string of the molecule is Cl.O=C(c1ccccc1I)N(CCCN1CCOCC1)c1nc2c(Cl)cccc2s1. The molecule has 1 fully saturated rings. The molecule has 0 saturated carbocycles. The summed E-state index contributed by atoms with van der Waals surface area (Å²) in [6.07, 6.45) is 0.874. The monoisotopic (exact) mass is 577 g/mol. The minimum Gasteiger partial charge on any atom is -0.379 e. The van der Waals surface area contributed by atoms with Crippen molar-refractivity contribution in [2.75, 3.05) is 44.3 Å². The molecule has 2 aromatic carbocycles. The summed E-state index contributed by atoms with van der Waals surface area (Å²) in [5, 5.41) is 1.31. The smallest absolute Gasteiger partial charge is 0.261 e. The van der Waals surface area contributed by atoms with Crippen LogP contribution in [0, 0.1) is 3.57 Å². The molecule has 0 N–H and O–H groups in total. The molecule has 0 spiro atoms. The van der Waals surface area contributed by atoms with Gasteiger partial charge in [-0.1, -0.05) is 41.1 Å². The molecule has 0 radical (unpaired) electrons. The molecule has 0 bridgehead atoms. The van der Waals surface area contributed by atoms with E-state index in [4.69, 9.17) is 21.3 Å². The lowest BCUT2D eigenvalue weighted by Crippen LogP contribution is -2.39. The van der Waals surface area contributed by atoms with Crippen LogP contribution < -0.4 is 4.90 Å². The lowest BCUT2D eigenvalue weighted by Gasteiger charge is -2.27. The lowest BCUT2D eigenvalue weighted by atomic mass is 10.2. The third kappa shape index (κ3) is 5.44. The Kier molecular flexibility index (Phi) is 8.73. The molecule has 30 heavy (non-hydrogen) atoms. The summed E-state index contributed by atoms with van der Waals surface area (Å²) in [4.78, 5) is 22.3. The van der Waals surface area contributed by atoms with Crippen LogP contribution in [0.2, 0.25) is 5.02 Å². The van der Waals surface area contributed by atoms with E-state index in [0.29, 0.717) is 22.3 Å². The molecule has 1 amide bonds. The Labute approximate surface area is 204 Å². The van der Waals surface area contributed by atoms with Gasteiger partial charge in [-0.25, -0.2) is 4.98 Å². The van der Waals surface area contributed by atoms with Crippen LogP contribution in [0.15, 0.2) is 42.5 Å². The van der Waals surface area contributed by atoms with Gasteiger partial charge in [-0.05, 0) is 53.3 Å². The van der Waals surface area contributed by atoms with Crippen LogP contribution in [0.5, 0.6) is 0 Å². The first kappa shape index (κ1) is 23.7. The van der Waals surface area contributed by atoms with Gasteiger partial charge in [0.2, 0.25) is 0 Å². The molecule has 0 atom stereocenters. The summed E-state index contributed by atoms with van der Waals surface area (Å²) in [7, 11) is 0. The molecule has 1 saturated heterocycles.